The van der Waals surface area contributed by atoms with Crippen LogP contribution in [0.1, 0.15) is 16.7 Å². The molecular weight excluding hydrogens is 449 g/mol. The lowest BCUT2D eigenvalue weighted by Crippen LogP contribution is -2.40. The molecule has 2 aliphatic rings. The number of rotatable bonds is 0. The number of anilines is 1. The number of aromatic nitrogens is 2. The van der Waals surface area contributed by atoms with Crippen LogP contribution in [0.25, 0.3) is 22.3 Å². The van der Waals surface area contributed by atoms with Gasteiger partial charge in [0.15, 0.2) is 0 Å². The van der Waals surface area contributed by atoms with E-state index >= 15 is 0 Å². The number of hydrogen-bond acceptors (Lipinski definition) is 6. The fraction of sp³-hybridized carbons (Fsp3) is 0.167. The van der Waals surface area contributed by atoms with Crippen molar-refractivity contribution in [3.05, 3.63) is 57.4 Å². The third-order valence-electron chi connectivity index (χ3n) is 4.92. The Hall–Kier alpha value is -2.46. The summed E-state index contributed by atoms with van der Waals surface area (Å²) in [5.74, 6) is -0.771. The smallest absolute Gasteiger partial charge is 0.353 e. The van der Waals surface area contributed by atoms with E-state index < -0.39 is 9.58 Å². The number of carbonyl (C=O) groups is 1. The summed E-state index contributed by atoms with van der Waals surface area (Å²) >= 11 is 1.60. The van der Waals surface area contributed by atoms with Crippen LogP contribution in [-0.4, -0.2) is 20.6 Å². The number of nitrogens with zero attached hydrogens (tertiary/aromatic N) is 2. The second kappa shape index (κ2) is 5.04. The van der Waals surface area contributed by atoms with E-state index in [0.29, 0.717) is 29.2 Å². The molecule has 5 rings (SSSR count). The van der Waals surface area contributed by atoms with Gasteiger partial charge in [-0.3, -0.25) is 4.79 Å². The SMILES string of the molecule is Nc1cccc2nc3c(cc12)Cn1c-3cc2c(c1=O)COC(=O)[C@]2(O)I. The number of carbonyl (C=O) groups excluding carboxylic acids is 1. The molecule has 1 aromatic carbocycles. The number of cyclic esters (lactones) is 1. The van der Waals surface area contributed by atoms with Crippen molar-refractivity contribution in [2.75, 3.05) is 5.73 Å². The number of pyridine rings is 2. The molecule has 26 heavy (non-hydrogen) atoms. The van der Waals surface area contributed by atoms with Crippen molar-refractivity contribution in [1.29, 1.82) is 0 Å². The summed E-state index contributed by atoms with van der Waals surface area (Å²) < 4.78 is 4.68. The molecule has 2 aromatic heterocycles. The lowest BCUT2D eigenvalue weighted by molar-refractivity contribution is -0.159. The van der Waals surface area contributed by atoms with Crippen LogP contribution in [0, 0.1) is 0 Å². The highest BCUT2D eigenvalue weighted by atomic mass is 127. The molecule has 8 heteroatoms. The van der Waals surface area contributed by atoms with Gasteiger partial charge in [-0.25, -0.2) is 9.78 Å². The molecular formula is C18H12IN3O4. The van der Waals surface area contributed by atoms with Crippen molar-refractivity contribution in [3.63, 3.8) is 0 Å². The molecule has 4 heterocycles. The quantitative estimate of drug-likeness (QED) is 0.179. The molecule has 7 nitrogen and oxygen atoms in total. The van der Waals surface area contributed by atoms with Gasteiger partial charge in [0.2, 0.25) is 3.61 Å². The van der Waals surface area contributed by atoms with Crippen LogP contribution >= 0.6 is 22.6 Å². The van der Waals surface area contributed by atoms with Gasteiger partial charge in [0.05, 0.1) is 29.0 Å². The zero-order chi connectivity index (χ0) is 18.2. The number of halogens is 1. The van der Waals surface area contributed by atoms with Crippen molar-refractivity contribution in [1.82, 2.24) is 9.55 Å². The normalized spacial score (nSPS) is 20.5. The first-order valence-electron chi connectivity index (χ1n) is 7.92. The molecule has 0 radical (unpaired) electrons. The van der Waals surface area contributed by atoms with Crippen LogP contribution in [0.3, 0.4) is 0 Å². The van der Waals surface area contributed by atoms with Crippen LogP contribution in [0.4, 0.5) is 5.69 Å². The Morgan fingerprint density at radius 1 is 1.31 bits per heavy atom. The second-order valence-corrected chi connectivity index (χ2v) is 7.98. The molecule has 0 spiro atoms. The number of hydrogen-bond donors (Lipinski definition) is 2. The van der Waals surface area contributed by atoms with E-state index in [1.807, 2.05) is 24.3 Å². The predicted molar refractivity (Wildman–Crippen MR) is 103 cm³/mol. The van der Waals surface area contributed by atoms with Crippen LogP contribution < -0.4 is 11.3 Å². The first kappa shape index (κ1) is 15.8. The first-order chi connectivity index (χ1) is 12.4. The maximum atomic E-state index is 12.9. The van der Waals surface area contributed by atoms with Gasteiger partial charge in [0.25, 0.3) is 5.56 Å². The van der Waals surface area contributed by atoms with E-state index in [1.165, 1.54) is 0 Å². The Bertz CT molecular complexity index is 1200. The molecule has 0 bridgehead atoms. The largest absolute Gasteiger partial charge is 0.458 e. The molecule has 1 atom stereocenters. The van der Waals surface area contributed by atoms with Gasteiger partial charge in [-0.2, -0.15) is 0 Å². The Kier molecular flexibility index (Phi) is 3.06. The first-order valence-corrected chi connectivity index (χ1v) is 9.00. The number of alkyl halides is 1. The summed E-state index contributed by atoms with van der Waals surface area (Å²) in [6, 6.07) is 9.10. The Labute approximate surface area is 160 Å². The van der Waals surface area contributed by atoms with Crippen LogP contribution in [-0.2, 0) is 26.3 Å². The van der Waals surface area contributed by atoms with Crippen molar-refractivity contribution >= 4 is 45.2 Å². The molecule has 2 aliphatic heterocycles. The van der Waals surface area contributed by atoms with Gasteiger partial charge >= 0.3 is 5.97 Å². The average molecular weight is 461 g/mol. The minimum atomic E-state index is -1.88. The number of fused-ring (bicyclic) bond motifs is 5. The lowest BCUT2D eigenvalue weighted by atomic mass is 10.0. The molecule has 0 aliphatic carbocycles. The highest BCUT2D eigenvalue weighted by Gasteiger charge is 2.44. The van der Waals surface area contributed by atoms with Gasteiger partial charge in [-0.1, -0.05) is 6.07 Å². The van der Waals surface area contributed by atoms with Crippen molar-refractivity contribution in [2.45, 2.75) is 16.8 Å². The molecule has 0 saturated carbocycles. The number of nitrogen functional groups attached to an aromatic ring is 1. The third kappa shape index (κ3) is 1.93. The zero-order valence-corrected chi connectivity index (χ0v) is 15.5. The molecule has 0 amide bonds. The van der Waals surface area contributed by atoms with Crippen LogP contribution in [0.2, 0.25) is 0 Å². The summed E-state index contributed by atoms with van der Waals surface area (Å²) in [6.45, 7) is 0.221. The van der Waals surface area contributed by atoms with E-state index in [0.717, 1.165) is 16.5 Å². The Morgan fingerprint density at radius 3 is 2.92 bits per heavy atom. The van der Waals surface area contributed by atoms with Gasteiger partial charge in [-0.15, -0.1) is 0 Å². The summed E-state index contributed by atoms with van der Waals surface area (Å²) in [5.41, 5.74) is 9.79. The topological polar surface area (TPSA) is 107 Å². The van der Waals surface area contributed by atoms with Crippen LogP contribution in [0.5, 0.6) is 0 Å². The number of nitrogens with two attached hydrogens (primary N) is 1. The molecule has 3 aromatic rings. The summed E-state index contributed by atoms with van der Waals surface area (Å²) in [5, 5.41) is 11.4. The number of benzene rings is 1. The molecule has 0 saturated heterocycles. The molecule has 0 unspecified atom stereocenters. The maximum Gasteiger partial charge on any atom is 0.353 e. The summed E-state index contributed by atoms with van der Waals surface area (Å²) in [7, 11) is 0. The van der Waals surface area contributed by atoms with Crippen molar-refractivity contribution in [2.24, 2.45) is 0 Å². The minimum Gasteiger partial charge on any atom is -0.458 e. The van der Waals surface area contributed by atoms with E-state index in [4.69, 9.17) is 10.5 Å². The number of aliphatic hydroxyl groups is 1. The van der Waals surface area contributed by atoms with Gasteiger partial charge in [0, 0.05) is 22.2 Å². The molecule has 0 fully saturated rings. The Morgan fingerprint density at radius 2 is 2.12 bits per heavy atom. The van der Waals surface area contributed by atoms with E-state index in [-0.39, 0.29) is 17.7 Å². The number of esters is 1. The Balaban J connectivity index is 1.82. The van der Waals surface area contributed by atoms with Crippen molar-refractivity contribution in [3.8, 4) is 11.4 Å². The standard InChI is InChI=1S/C18H12IN3O4/c19-18(25)11-5-14-15-8(4-9-12(20)2-1-3-13(9)21-15)6-22(14)16(23)10(11)7-26-17(18)24/h1-5,25H,6-7,20H2/t18-/m0/s1. The predicted octanol–water partition coefficient (Wildman–Crippen LogP) is 1.64. The maximum absolute atomic E-state index is 12.9. The van der Waals surface area contributed by atoms with Gasteiger partial charge < -0.3 is 20.1 Å². The van der Waals surface area contributed by atoms with E-state index in [1.54, 1.807) is 33.2 Å². The third-order valence-corrected chi connectivity index (χ3v) is 5.94. The monoisotopic (exact) mass is 461 g/mol. The highest BCUT2D eigenvalue weighted by molar-refractivity contribution is 14.1. The fourth-order valence-corrected chi connectivity index (χ4v) is 4.23. The summed E-state index contributed by atoms with van der Waals surface area (Å²) in [4.78, 5) is 29.5. The lowest BCUT2D eigenvalue weighted by Gasteiger charge is -2.27. The second-order valence-electron chi connectivity index (χ2n) is 6.42. The van der Waals surface area contributed by atoms with Gasteiger partial charge in [0.1, 0.15) is 6.61 Å². The van der Waals surface area contributed by atoms with Crippen molar-refractivity contribution < 1.29 is 14.6 Å². The van der Waals surface area contributed by atoms with E-state index in [2.05, 4.69) is 4.98 Å². The highest BCUT2D eigenvalue weighted by Crippen LogP contribution is 2.40. The summed E-state index contributed by atoms with van der Waals surface area (Å²) in [6.07, 6.45) is 0. The molecule has 3 N–H and O–H groups in total. The van der Waals surface area contributed by atoms with E-state index in [9.17, 15) is 14.7 Å². The number of ether oxygens (including phenoxy) is 1. The van der Waals surface area contributed by atoms with Crippen LogP contribution in [0.15, 0.2) is 35.1 Å². The fourth-order valence-electron chi connectivity index (χ4n) is 3.59. The minimum absolute atomic E-state index is 0.142. The average Bonchev–Trinajstić information content (AvgIpc) is 2.96. The van der Waals surface area contributed by atoms with Gasteiger partial charge in [-0.05, 0) is 46.9 Å². The molecule has 130 valence electrons. The zero-order valence-electron chi connectivity index (χ0n) is 13.3.